The molecule has 0 unspecified atom stereocenters. The Hall–Kier alpha value is -4.38. The van der Waals surface area contributed by atoms with E-state index in [9.17, 15) is 14.7 Å². The van der Waals surface area contributed by atoms with Crippen molar-refractivity contribution in [3.05, 3.63) is 80.5 Å². The summed E-state index contributed by atoms with van der Waals surface area (Å²) in [5.41, 5.74) is 4.67. The SMILES string of the molecule is CCc1ccc(OC[C@H](O)Cn2c(N/N=C(/C)c3ccc(OC)cc3)nc3c2c(=O)[nH]c(=O)n3C)cc1. The molecule has 0 saturated carbocycles. The molecular formula is C26H30N6O5. The number of rotatable bonds is 10. The van der Waals surface area contributed by atoms with Crippen molar-refractivity contribution in [1.29, 1.82) is 0 Å². The Labute approximate surface area is 213 Å². The van der Waals surface area contributed by atoms with Gasteiger partial charge in [-0.3, -0.25) is 14.3 Å². The molecule has 11 nitrogen and oxygen atoms in total. The van der Waals surface area contributed by atoms with Gasteiger partial charge >= 0.3 is 5.69 Å². The minimum Gasteiger partial charge on any atom is -0.497 e. The summed E-state index contributed by atoms with van der Waals surface area (Å²) in [5, 5.41) is 15.2. The molecule has 0 fully saturated rings. The van der Waals surface area contributed by atoms with Gasteiger partial charge in [-0.15, -0.1) is 0 Å². The van der Waals surface area contributed by atoms with E-state index >= 15 is 0 Å². The Kier molecular flexibility index (Phi) is 7.73. The van der Waals surface area contributed by atoms with Crippen LogP contribution >= 0.6 is 0 Å². The number of hydrogen-bond donors (Lipinski definition) is 3. The van der Waals surface area contributed by atoms with Gasteiger partial charge < -0.3 is 19.1 Å². The molecule has 37 heavy (non-hydrogen) atoms. The van der Waals surface area contributed by atoms with E-state index in [2.05, 4.69) is 27.4 Å². The first kappa shape index (κ1) is 25.7. The van der Waals surface area contributed by atoms with Gasteiger partial charge in [0.15, 0.2) is 11.2 Å². The molecule has 0 radical (unpaired) electrons. The van der Waals surface area contributed by atoms with E-state index in [0.29, 0.717) is 11.5 Å². The fourth-order valence-electron chi connectivity index (χ4n) is 3.81. The molecule has 2 aromatic heterocycles. The third-order valence-electron chi connectivity index (χ3n) is 6.01. The second-order valence-corrected chi connectivity index (χ2v) is 8.54. The predicted molar refractivity (Wildman–Crippen MR) is 142 cm³/mol. The number of nitrogens with one attached hydrogen (secondary N) is 2. The molecule has 0 bridgehead atoms. The van der Waals surface area contributed by atoms with Crippen LogP contribution in [0.4, 0.5) is 5.95 Å². The molecular weight excluding hydrogens is 476 g/mol. The van der Waals surface area contributed by atoms with Gasteiger partial charge in [0.25, 0.3) is 5.56 Å². The van der Waals surface area contributed by atoms with Crippen LogP contribution in [0.1, 0.15) is 25.0 Å². The van der Waals surface area contributed by atoms with Gasteiger partial charge in [0.1, 0.15) is 24.2 Å². The van der Waals surface area contributed by atoms with E-state index in [4.69, 9.17) is 9.47 Å². The first-order chi connectivity index (χ1) is 17.8. The Bertz CT molecular complexity index is 1520. The zero-order chi connectivity index (χ0) is 26.5. The molecule has 11 heteroatoms. The minimum atomic E-state index is -0.980. The highest BCUT2D eigenvalue weighted by Crippen LogP contribution is 2.18. The van der Waals surface area contributed by atoms with Crippen molar-refractivity contribution < 1.29 is 14.6 Å². The van der Waals surface area contributed by atoms with Gasteiger partial charge in [0.2, 0.25) is 5.95 Å². The number of aliphatic hydroxyl groups is 1. The molecule has 2 aromatic carbocycles. The quantitative estimate of drug-likeness (QED) is 0.222. The van der Waals surface area contributed by atoms with Gasteiger partial charge in [-0.05, 0) is 60.9 Å². The van der Waals surface area contributed by atoms with Crippen LogP contribution in [0.3, 0.4) is 0 Å². The highest BCUT2D eigenvalue weighted by molar-refractivity contribution is 5.99. The smallest absolute Gasteiger partial charge is 0.329 e. The minimum absolute atomic E-state index is 0.0115. The number of aryl methyl sites for hydroxylation is 2. The largest absolute Gasteiger partial charge is 0.497 e. The lowest BCUT2D eigenvalue weighted by Gasteiger charge is -2.15. The molecule has 0 saturated heterocycles. The summed E-state index contributed by atoms with van der Waals surface area (Å²) in [5.74, 6) is 1.55. The fourth-order valence-corrected chi connectivity index (χ4v) is 3.81. The van der Waals surface area contributed by atoms with Gasteiger partial charge in [0.05, 0.1) is 19.4 Å². The lowest BCUT2D eigenvalue weighted by atomic mass is 10.1. The first-order valence-corrected chi connectivity index (χ1v) is 11.8. The fraction of sp³-hybridized carbons (Fsp3) is 0.308. The number of aromatic nitrogens is 4. The molecule has 0 aliphatic heterocycles. The molecule has 2 heterocycles. The zero-order valence-corrected chi connectivity index (χ0v) is 21.2. The van der Waals surface area contributed by atoms with Crippen LogP contribution in [0.15, 0.2) is 63.2 Å². The number of H-pyrrole nitrogens is 1. The Morgan fingerprint density at radius 2 is 1.81 bits per heavy atom. The third-order valence-corrected chi connectivity index (χ3v) is 6.01. The molecule has 3 N–H and O–H groups in total. The number of aromatic amines is 1. The summed E-state index contributed by atoms with van der Waals surface area (Å²) >= 11 is 0. The van der Waals surface area contributed by atoms with Crippen molar-refractivity contribution in [3.63, 3.8) is 0 Å². The van der Waals surface area contributed by atoms with Gasteiger partial charge in [-0.25, -0.2) is 10.2 Å². The number of aliphatic hydroxyl groups excluding tert-OH is 1. The summed E-state index contributed by atoms with van der Waals surface area (Å²) in [7, 11) is 3.10. The highest BCUT2D eigenvalue weighted by Gasteiger charge is 2.20. The van der Waals surface area contributed by atoms with Crippen LogP contribution < -0.4 is 26.1 Å². The van der Waals surface area contributed by atoms with E-state index in [0.717, 1.165) is 17.7 Å². The maximum atomic E-state index is 12.7. The Morgan fingerprint density at radius 1 is 1.14 bits per heavy atom. The summed E-state index contributed by atoms with van der Waals surface area (Å²) in [6, 6.07) is 15.0. The number of methoxy groups -OCH3 is 1. The number of benzene rings is 2. The van der Waals surface area contributed by atoms with E-state index in [1.165, 1.54) is 21.7 Å². The average molecular weight is 507 g/mol. The van der Waals surface area contributed by atoms with E-state index in [-0.39, 0.29) is 30.3 Å². The van der Waals surface area contributed by atoms with Gasteiger partial charge in [-0.1, -0.05) is 19.1 Å². The molecule has 0 aliphatic carbocycles. The molecule has 4 rings (SSSR count). The van der Waals surface area contributed by atoms with Crippen molar-refractivity contribution in [1.82, 2.24) is 19.1 Å². The number of hydrogen-bond acceptors (Lipinski definition) is 8. The van der Waals surface area contributed by atoms with Crippen LogP contribution in [-0.2, 0) is 20.0 Å². The second kappa shape index (κ2) is 11.1. The van der Waals surface area contributed by atoms with Crippen molar-refractivity contribution in [2.75, 3.05) is 19.1 Å². The van der Waals surface area contributed by atoms with Gasteiger partial charge in [-0.2, -0.15) is 10.1 Å². The third kappa shape index (κ3) is 5.72. The summed E-state index contributed by atoms with van der Waals surface area (Å²) in [6.07, 6.45) is -0.0590. The normalized spacial score (nSPS) is 12.5. The zero-order valence-electron chi connectivity index (χ0n) is 21.2. The molecule has 0 aliphatic rings. The van der Waals surface area contributed by atoms with Crippen molar-refractivity contribution in [2.24, 2.45) is 12.1 Å². The van der Waals surface area contributed by atoms with E-state index < -0.39 is 17.4 Å². The predicted octanol–water partition coefficient (Wildman–Crippen LogP) is 2.27. The molecule has 0 spiro atoms. The number of nitrogens with zero attached hydrogens (tertiary/aromatic N) is 4. The molecule has 194 valence electrons. The number of fused-ring (bicyclic) bond motifs is 1. The van der Waals surface area contributed by atoms with Crippen molar-refractivity contribution in [3.8, 4) is 11.5 Å². The molecule has 0 amide bonds. The Balaban J connectivity index is 1.61. The number of ether oxygens (including phenoxy) is 2. The number of anilines is 1. The second-order valence-electron chi connectivity index (χ2n) is 8.54. The summed E-state index contributed by atoms with van der Waals surface area (Å²) in [4.78, 5) is 31.6. The number of imidazole rings is 1. The standard InChI is InChI=1S/C26H30N6O5/c1-5-17-6-10-21(11-7-17)37-15-19(33)14-32-22-23(31(3)26(35)28-24(22)34)27-25(32)30-29-16(2)18-8-12-20(36-4)13-9-18/h6-13,19,33H,5,14-15H2,1-4H3,(H,27,30)(H,28,34,35)/b29-16-/t19-/m1/s1. The lowest BCUT2D eigenvalue weighted by Crippen LogP contribution is -2.30. The summed E-state index contributed by atoms with van der Waals surface area (Å²) < 4.78 is 13.7. The van der Waals surface area contributed by atoms with E-state index in [1.807, 2.05) is 55.5 Å². The van der Waals surface area contributed by atoms with Crippen LogP contribution in [0.25, 0.3) is 11.2 Å². The molecule has 4 aromatic rings. The maximum absolute atomic E-state index is 12.7. The monoisotopic (exact) mass is 506 g/mol. The van der Waals surface area contributed by atoms with Crippen LogP contribution in [0.2, 0.25) is 0 Å². The first-order valence-electron chi connectivity index (χ1n) is 11.8. The van der Waals surface area contributed by atoms with Crippen molar-refractivity contribution >= 4 is 22.8 Å². The van der Waals surface area contributed by atoms with Crippen LogP contribution in [-0.4, -0.2) is 49.7 Å². The van der Waals surface area contributed by atoms with Crippen LogP contribution in [0, 0.1) is 0 Å². The lowest BCUT2D eigenvalue weighted by molar-refractivity contribution is 0.0938. The van der Waals surface area contributed by atoms with Crippen molar-refractivity contribution in [2.45, 2.75) is 32.9 Å². The average Bonchev–Trinajstić information content (AvgIpc) is 3.28. The Morgan fingerprint density at radius 3 is 2.46 bits per heavy atom. The van der Waals surface area contributed by atoms with E-state index in [1.54, 1.807) is 7.11 Å². The highest BCUT2D eigenvalue weighted by atomic mass is 16.5. The maximum Gasteiger partial charge on any atom is 0.329 e. The number of hydrazone groups is 1. The topological polar surface area (TPSA) is 136 Å². The van der Waals surface area contributed by atoms with Crippen LogP contribution in [0.5, 0.6) is 11.5 Å². The summed E-state index contributed by atoms with van der Waals surface area (Å²) in [6.45, 7) is 3.85. The van der Waals surface area contributed by atoms with Gasteiger partial charge in [0, 0.05) is 7.05 Å². The molecule has 1 atom stereocenters.